The Kier molecular flexibility index (Phi) is 3.68. The summed E-state index contributed by atoms with van der Waals surface area (Å²) >= 11 is 0. The molecule has 2 aromatic rings. The fourth-order valence-corrected chi connectivity index (χ4v) is 2.95. The van der Waals surface area contributed by atoms with Crippen LogP contribution in [-0.2, 0) is 6.54 Å². The molecule has 0 saturated carbocycles. The van der Waals surface area contributed by atoms with Crippen LogP contribution < -0.4 is 0 Å². The number of nitrogens with zero attached hydrogens (tertiary/aromatic N) is 2. The van der Waals surface area contributed by atoms with Gasteiger partial charge in [0.15, 0.2) is 0 Å². The van der Waals surface area contributed by atoms with Crippen molar-refractivity contribution in [3.8, 4) is 0 Å². The lowest BCUT2D eigenvalue weighted by atomic mass is 9.96. The van der Waals surface area contributed by atoms with Crippen LogP contribution in [0.2, 0.25) is 0 Å². The smallest absolute Gasteiger partial charge is 0.124 e. The van der Waals surface area contributed by atoms with Gasteiger partial charge in [0.25, 0.3) is 0 Å². The van der Waals surface area contributed by atoms with Crippen LogP contribution in [0.3, 0.4) is 0 Å². The molecule has 3 nitrogen and oxygen atoms in total. The molecule has 4 heteroatoms. The monoisotopic (exact) mass is 274 g/mol. The average molecular weight is 274 g/mol. The van der Waals surface area contributed by atoms with Gasteiger partial charge in [-0.25, -0.2) is 4.39 Å². The number of hydrogen-bond donors (Lipinski definition) is 1. The molecule has 20 heavy (non-hydrogen) atoms. The number of aliphatic hydroxyl groups excluding tert-OH is 1. The fourth-order valence-electron chi connectivity index (χ4n) is 2.95. The number of piperidine rings is 1. The molecule has 0 spiro atoms. The number of halogens is 1. The average Bonchev–Trinajstić information content (AvgIpc) is 2.43. The highest BCUT2D eigenvalue weighted by atomic mass is 19.1. The summed E-state index contributed by atoms with van der Waals surface area (Å²) in [7, 11) is 0. The topological polar surface area (TPSA) is 36.4 Å². The molecule has 3 rings (SSSR count). The van der Waals surface area contributed by atoms with Crippen molar-refractivity contribution in [3.05, 3.63) is 41.8 Å². The zero-order chi connectivity index (χ0) is 14.1. The number of likely N-dealkylation sites (tertiary alicyclic amines) is 1. The molecule has 2 heterocycles. The number of fused-ring (bicyclic) bond motifs is 1. The van der Waals surface area contributed by atoms with Crippen LogP contribution in [0.25, 0.3) is 10.9 Å². The summed E-state index contributed by atoms with van der Waals surface area (Å²) in [6, 6.07) is 6.81. The molecule has 1 aromatic carbocycles. The fraction of sp³-hybridized carbons (Fsp3) is 0.438. The van der Waals surface area contributed by atoms with Gasteiger partial charge in [-0.05, 0) is 36.1 Å². The van der Waals surface area contributed by atoms with Crippen molar-refractivity contribution >= 4 is 10.9 Å². The quantitative estimate of drug-likeness (QED) is 0.914. The minimum Gasteiger partial charge on any atom is -0.393 e. The molecule has 1 saturated heterocycles. The summed E-state index contributed by atoms with van der Waals surface area (Å²) in [5.41, 5.74) is 1.79. The number of hydrogen-bond acceptors (Lipinski definition) is 3. The lowest BCUT2D eigenvalue weighted by Gasteiger charge is -2.34. The molecule has 1 aliphatic heterocycles. The number of rotatable bonds is 2. The highest BCUT2D eigenvalue weighted by Crippen LogP contribution is 2.23. The maximum Gasteiger partial charge on any atom is 0.124 e. The second-order valence-corrected chi connectivity index (χ2v) is 5.71. The number of aromatic nitrogens is 1. The maximum absolute atomic E-state index is 13.7. The highest BCUT2D eigenvalue weighted by molar-refractivity contribution is 5.81. The Balaban J connectivity index is 1.87. The van der Waals surface area contributed by atoms with Crippen LogP contribution in [-0.4, -0.2) is 34.2 Å². The van der Waals surface area contributed by atoms with E-state index >= 15 is 0 Å². The Morgan fingerprint density at radius 3 is 3.10 bits per heavy atom. The molecular formula is C16H19FN2O. The summed E-state index contributed by atoms with van der Waals surface area (Å²) in [5.74, 6) is 0.0436. The van der Waals surface area contributed by atoms with E-state index in [-0.39, 0.29) is 17.8 Å². The second-order valence-electron chi connectivity index (χ2n) is 5.71. The van der Waals surface area contributed by atoms with Gasteiger partial charge in [-0.2, -0.15) is 0 Å². The van der Waals surface area contributed by atoms with Gasteiger partial charge in [-0.1, -0.05) is 13.0 Å². The zero-order valence-corrected chi connectivity index (χ0v) is 11.6. The minimum atomic E-state index is -0.217. The van der Waals surface area contributed by atoms with Crippen LogP contribution in [0.4, 0.5) is 4.39 Å². The van der Waals surface area contributed by atoms with Gasteiger partial charge in [0, 0.05) is 31.2 Å². The van der Waals surface area contributed by atoms with E-state index in [1.807, 2.05) is 12.1 Å². The largest absolute Gasteiger partial charge is 0.393 e. The molecule has 1 N–H and O–H groups in total. The third kappa shape index (κ3) is 2.67. The number of aliphatic hydroxyl groups is 1. The van der Waals surface area contributed by atoms with E-state index in [0.29, 0.717) is 6.54 Å². The molecule has 0 amide bonds. The first kappa shape index (κ1) is 13.5. The molecule has 1 fully saturated rings. The van der Waals surface area contributed by atoms with Crippen LogP contribution >= 0.6 is 0 Å². The van der Waals surface area contributed by atoms with Crippen molar-refractivity contribution in [3.63, 3.8) is 0 Å². The first-order valence-electron chi connectivity index (χ1n) is 7.07. The van der Waals surface area contributed by atoms with Crippen molar-refractivity contribution in [2.45, 2.75) is 26.0 Å². The lowest BCUT2D eigenvalue weighted by molar-refractivity contribution is 0.0321. The van der Waals surface area contributed by atoms with E-state index in [2.05, 4.69) is 16.8 Å². The zero-order valence-electron chi connectivity index (χ0n) is 11.6. The van der Waals surface area contributed by atoms with E-state index in [1.54, 1.807) is 12.3 Å². The van der Waals surface area contributed by atoms with Crippen LogP contribution in [0.5, 0.6) is 0 Å². The first-order chi connectivity index (χ1) is 9.63. The third-order valence-electron chi connectivity index (χ3n) is 4.09. The van der Waals surface area contributed by atoms with E-state index in [9.17, 15) is 9.50 Å². The van der Waals surface area contributed by atoms with Gasteiger partial charge in [0.2, 0.25) is 0 Å². The normalized spacial score (nSPS) is 24.1. The Morgan fingerprint density at radius 1 is 1.45 bits per heavy atom. The SMILES string of the molecule is CC1CN(Cc2cc(F)cc3cccnc23)CCC1O. The van der Waals surface area contributed by atoms with Gasteiger partial charge >= 0.3 is 0 Å². The molecule has 2 atom stereocenters. The lowest BCUT2D eigenvalue weighted by Crippen LogP contribution is -2.41. The van der Waals surface area contributed by atoms with Crippen molar-refractivity contribution in [1.82, 2.24) is 9.88 Å². The van der Waals surface area contributed by atoms with E-state index in [1.165, 1.54) is 6.07 Å². The standard InChI is InChI=1S/C16H19FN2O/c1-11-9-19(6-4-15(11)20)10-13-8-14(17)7-12-3-2-5-18-16(12)13/h2-3,5,7-8,11,15,20H,4,6,9-10H2,1H3. The van der Waals surface area contributed by atoms with Gasteiger partial charge in [-0.15, -0.1) is 0 Å². The minimum absolute atomic E-state index is 0.214. The highest BCUT2D eigenvalue weighted by Gasteiger charge is 2.24. The summed E-state index contributed by atoms with van der Waals surface area (Å²) < 4.78 is 13.7. The van der Waals surface area contributed by atoms with Gasteiger partial charge < -0.3 is 5.11 Å². The Labute approximate surface area is 118 Å². The summed E-state index contributed by atoms with van der Waals surface area (Å²) in [6.45, 7) is 4.42. The van der Waals surface area contributed by atoms with E-state index < -0.39 is 0 Å². The predicted molar refractivity (Wildman–Crippen MR) is 76.8 cm³/mol. The molecular weight excluding hydrogens is 255 g/mol. The first-order valence-corrected chi connectivity index (χ1v) is 7.07. The summed E-state index contributed by atoms with van der Waals surface area (Å²) in [4.78, 5) is 6.64. The van der Waals surface area contributed by atoms with Gasteiger partial charge in [0.1, 0.15) is 5.82 Å². The Morgan fingerprint density at radius 2 is 2.30 bits per heavy atom. The molecule has 1 aliphatic rings. The van der Waals surface area contributed by atoms with Crippen LogP contribution in [0.15, 0.2) is 30.5 Å². The van der Waals surface area contributed by atoms with Crippen molar-refractivity contribution in [2.24, 2.45) is 5.92 Å². The molecule has 106 valence electrons. The third-order valence-corrected chi connectivity index (χ3v) is 4.09. The van der Waals surface area contributed by atoms with E-state index in [4.69, 9.17) is 0 Å². The van der Waals surface area contributed by atoms with Crippen LogP contribution in [0.1, 0.15) is 18.9 Å². The van der Waals surface area contributed by atoms with Crippen molar-refractivity contribution in [2.75, 3.05) is 13.1 Å². The van der Waals surface area contributed by atoms with E-state index in [0.717, 1.165) is 36.0 Å². The summed E-state index contributed by atoms with van der Waals surface area (Å²) in [5, 5.41) is 10.6. The van der Waals surface area contributed by atoms with Crippen LogP contribution in [0, 0.1) is 11.7 Å². The molecule has 2 unspecified atom stereocenters. The van der Waals surface area contributed by atoms with Gasteiger partial charge in [0.05, 0.1) is 11.6 Å². The molecule has 0 bridgehead atoms. The molecule has 0 aliphatic carbocycles. The number of benzene rings is 1. The molecule has 0 radical (unpaired) electrons. The Bertz CT molecular complexity index is 616. The maximum atomic E-state index is 13.7. The predicted octanol–water partition coefficient (Wildman–Crippen LogP) is 2.58. The number of pyridine rings is 1. The Hall–Kier alpha value is -1.52. The summed E-state index contributed by atoms with van der Waals surface area (Å²) in [6.07, 6.45) is 2.31. The van der Waals surface area contributed by atoms with Crippen molar-refractivity contribution < 1.29 is 9.50 Å². The van der Waals surface area contributed by atoms with Crippen molar-refractivity contribution in [1.29, 1.82) is 0 Å². The van der Waals surface area contributed by atoms with Gasteiger partial charge in [-0.3, -0.25) is 9.88 Å². The second kappa shape index (κ2) is 5.46. The molecule has 1 aromatic heterocycles.